The first-order valence-electron chi connectivity index (χ1n) is 6.30. The summed E-state index contributed by atoms with van der Waals surface area (Å²) in [5.74, 6) is 0.807. The number of aryl methyl sites for hydroxylation is 1. The van der Waals surface area contributed by atoms with E-state index in [1.165, 1.54) is 25.7 Å². The van der Waals surface area contributed by atoms with Crippen LogP contribution in [0.25, 0.3) is 0 Å². The average Bonchev–Trinajstić information content (AvgIpc) is 2.79. The number of hydrogen-bond donors (Lipinski definition) is 1. The van der Waals surface area contributed by atoms with Gasteiger partial charge in [0.1, 0.15) is 0 Å². The summed E-state index contributed by atoms with van der Waals surface area (Å²) >= 11 is 9.77. The van der Waals surface area contributed by atoms with Gasteiger partial charge in [0, 0.05) is 15.5 Å². The van der Waals surface area contributed by atoms with Gasteiger partial charge in [-0.15, -0.1) is 0 Å². The Morgan fingerprint density at radius 3 is 2.65 bits per heavy atom. The van der Waals surface area contributed by atoms with Gasteiger partial charge in [0.15, 0.2) is 0 Å². The van der Waals surface area contributed by atoms with Gasteiger partial charge in [0.2, 0.25) is 0 Å². The van der Waals surface area contributed by atoms with Crippen LogP contribution in [0, 0.1) is 12.8 Å². The van der Waals surface area contributed by atoms with E-state index in [-0.39, 0.29) is 0 Å². The SMILES string of the molecule is Cc1cc(Br)c(NC(C)C2CCCC2)cc1Cl. The van der Waals surface area contributed by atoms with Crippen LogP contribution in [-0.4, -0.2) is 6.04 Å². The Kier molecular flexibility index (Phi) is 4.37. The molecule has 1 atom stereocenters. The third-order valence-electron chi connectivity index (χ3n) is 3.74. The second-order valence-corrected chi connectivity index (χ2v) is 6.32. The molecule has 94 valence electrons. The van der Waals surface area contributed by atoms with Crippen molar-refractivity contribution in [3.8, 4) is 0 Å². The van der Waals surface area contributed by atoms with Crippen LogP contribution >= 0.6 is 27.5 Å². The van der Waals surface area contributed by atoms with E-state index >= 15 is 0 Å². The van der Waals surface area contributed by atoms with Crippen LogP contribution in [0.4, 0.5) is 5.69 Å². The van der Waals surface area contributed by atoms with E-state index < -0.39 is 0 Å². The molecule has 1 aliphatic carbocycles. The number of benzene rings is 1. The number of halogens is 2. The quantitative estimate of drug-likeness (QED) is 0.787. The van der Waals surface area contributed by atoms with E-state index in [1.54, 1.807) is 0 Å². The van der Waals surface area contributed by atoms with Gasteiger partial charge < -0.3 is 5.32 Å². The van der Waals surface area contributed by atoms with Crippen molar-refractivity contribution in [1.82, 2.24) is 0 Å². The lowest BCUT2D eigenvalue weighted by atomic mass is 9.99. The summed E-state index contributed by atoms with van der Waals surface area (Å²) in [4.78, 5) is 0. The highest BCUT2D eigenvalue weighted by atomic mass is 79.9. The summed E-state index contributed by atoms with van der Waals surface area (Å²) in [6, 6.07) is 4.62. The fraction of sp³-hybridized carbons (Fsp3) is 0.571. The van der Waals surface area contributed by atoms with Gasteiger partial charge in [-0.25, -0.2) is 0 Å². The molecule has 1 fully saturated rings. The van der Waals surface area contributed by atoms with Crippen molar-refractivity contribution in [3.63, 3.8) is 0 Å². The van der Waals surface area contributed by atoms with Crippen molar-refractivity contribution < 1.29 is 0 Å². The lowest BCUT2D eigenvalue weighted by molar-refractivity contribution is 0.482. The van der Waals surface area contributed by atoms with E-state index in [0.717, 1.165) is 26.7 Å². The molecule has 1 aliphatic rings. The monoisotopic (exact) mass is 315 g/mol. The Balaban J connectivity index is 2.09. The molecule has 0 saturated heterocycles. The van der Waals surface area contributed by atoms with Crippen molar-refractivity contribution in [3.05, 3.63) is 27.2 Å². The second-order valence-electron chi connectivity index (χ2n) is 5.06. The van der Waals surface area contributed by atoms with Crippen LogP contribution in [-0.2, 0) is 0 Å². The first-order chi connectivity index (χ1) is 8.08. The van der Waals surface area contributed by atoms with Crippen LogP contribution in [0.2, 0.25) is 5.02 Å². The molecule has 1 aromatic rings. The maximum absolute atomic E-state index is 6.17. The second kappa shape index (κ2) is 5.62. The molecule has 2 rings (SSSR count). The van der Waals surface area contributed by atoms with Gasteiger partial charge in [0.25, 0.3) is 0 Å². The van der Waals surface area contributed by atoms with Crippen molar-refractivity contribution in [2.75, 3.05) is 5.32 Å². The van der Waals surface area contributed by atoms with Crippen LogP contribution < -0.4 is 5.32 Å². The summed E-state index contributed by atoms with van der Waals surface area (Å²) in [6.07, 6.45) is 5.47. The average molecular weight is 317 g/mol. The number of rotatable bonds is 3. The molecule has 0 aromatic heterocycles. The van der Waals surface area contributed by atoms with E-state index in [9.17, 15) is 0 Å². The first-order valence-corrected chi connectivity index (χ1v) is 7.47. The predicted molar refractivity (Wildman–Crippen MR) is 78.9 cm³/mol. The summed E-state index contributed by atoms with van der Waals surface area (Å²) in [7, 11) is 0. The van der Waals surface area contributed by atoms with Crippen LogP contribution in [0.15, 0.2) is 16.6 Å². The molecule has 1 N–H and O–H groups in total. The summed E-state index contributed by atoms with van der Waals surface area (Å²) < 4.78 is 1.10. The topological polar surface area (TPSA) is 12.0 Å². The molecule has 1 nitrogen and oxygen atoms in total. The Bertz CT molecular complexity index is 399. The van der Waals surface area contributed by atoms with E-state index in [2.05, 4.69) is 34.2 Å². The molecule has 17 heavy (non-hydrogen) atoms. The summed E-state index contributed by atoms with van der Waals surface area (Å²) in [5, 5.41) is 4.42. The minimum Gasteiger partial charge on any atom is -0.381 e. The van der Waals surface area contributed by atoms with Crippen molar-refractivity contribution in [2.45, 2.75) is 45.6 Å². The molecule has 1 aromatic carbocycles. The van der Waals surface area contributed by atoms with Gasteiger partial charge in [0.05, 0.1) is 5.69 Å². The Morgan fingerprint density at radius 1 is 1.35 bits per heavy atom. The van der Waals surface area contributed by atoms with Crippen LogP contribution in [0.3, 0.4) is 0 Å². The molecule has 0 spiro atoms. The molecule has 0 amide bonds. The first kappa shape index (κ1) is 13.2. The Labute approximate surface area is 117 Å². The standard InChI is InChI=1S/C14H19BrClN/c1-9-7-12(15)14(8-13(9)16)17-10(2)11-5-3-4-6-11/h7-8,10-11,17H,3-6H2,1-2H3. The number of nitrogens with one attached hydrogen (secondary N) is 1. The molecule has 3 heteroatoms. The molecule has 1 unspecified atom stereocenters. The summed E-state index contributed by atoms with van der Waals surface area (Å²) in [5.41, 5.74) is 2.22. The number of anilines is 1. The Hall–Kier alpha value is -0.210. The minimum atomic E-state index is 0.521. The zero-order chi connectivity index (χ0) is 12.4. The largest absolute Gasteiger partial charge is 0.381 e. The maximum Gasteiger partial charge on any atom is 0.0501 e. The highest BCUT2D eigenvalue weighted by molar-refractivity contribution is 9.10. The summed E-state index contributed by atoms with van der Waals surface area (Å²) in [6.45, 7) is 4.30. The molecule has 0 aliphatic heterocycles. The van der Waals surface area contributed by atoms with Crippen molar-refractivity contribution in [1.29, 1.82) is 0 Å². The van der Waals surface area contributed by atoms with Gasteiger partial charge in [-0.1, -0.05) is 24.4 Å². The zero-order valence-corrected chi connectivity index (χ0v) is 12.7. The minimum absolute atomic E-state index is 0.521. The van der Waals surface area contributed by atoms with Crippen molar-refractivity contribution in [2.24, 2.45) is 5.92 Å². The molecular formula is C14H19BrClN. The third-order valence-corrected chi connectivity index (χ3v) is 4.80. The molecule has 0 bridgehead atoms. The van der Waals surface area contributed by atoms with Gasteiger partial charge in [-0.05, 0) is 66.2 Å². The van der Waals surface area contributed by atoms with E-state index in [4.69, 9.17) is 11.6 Å². The zero-order valence-electron chi connectivity index (χ0n) is 10.4. The van der Waals surface area contributed by atoms with Gasteiger partial charge >= 0.3 is 0 Å². The smallest absolute Gasteiger partial charge is 0.0501 e. The van der Waals surface area contributed by atoms with Crippen LogP contribution in [0.5, 0.6) is 0 Å². The van der Waals surface area contributed by atoms with Crippen molar-refractivity contribution >= 4 is 33.2 Å². The highest BCUT2D eigenvalue weighted by Crippen LogP contribution is 2.33. The van der Waals surface area contributed by atoms with E-state index in [0.29, 0.717) is 6.04 Å². The number of hydrogen-bond acceptors (Lipinski definition) is 1. The molecule has 0 radical (unpaired) electrons. The lowest BCUT2D eigenvalue weighted by Gasteiger charge is -2.22. The maximum atomic E-state index is 6.17. The normalized spacial score (nSPS) is 18.4. The lowest BCUT2D eigenvalue weighted by Crippen LogP contribution is -2.23. The Morgan fingerprint density at radius 2 is 2.00 bits per heavy atom. The molecular weight excluding hydrogens is 298 g/mol. The van der Waals surface area contributed by atoms with Gasteiger partial charge in [-0.2, -0.15) is 0 Å². The third kappa shape index (κ3) is 3.17. The fourth-order valence-corrected chi connectivity index (χ4v) is 3.31. The van der Waals surface area contributed by atoms with Gasteiger partial charge in [-0.3, -0.25) is 0 Å². The van der Waals surface area contributed by atoms with E-state index in [1.807, 2.05) is 13.0 Å². The predicted octanol–water partition coefficient (Wildman–Crippen LogP) is 5.40. The fourth-order valence-electron chi connectivity index (χ4n) is 2.58. The molecule has 1 saturated carbocycles. The molecule has 0 heterocycles. The van der Waals surface area contributed by atoms with Crippen LogP contribution in [0.1, 0.15) is 38.2 Å². The highest BCUT2D eigenvalue weighted by Gasteiger charge is 2.21.